The molecule has 3 unspecified atom stereocenters. The molecule has 0 saturated carbocycles. The number of carbonyl (C=O) groups is 2. The Morgan fingerprint density at radius 1 is 1.56 bits per heavy atom. The topological polar surface area (TPSA) is 92.4 Å². The average molecular weight is 226 g/mol. The molecule has 16 heavy (non-hydrogen) atoms. The second-order valence-electron chi connectivity index (χ2n) is 4.37. The molecule has 3 atom stereocenters. The molecule has 0 fully saturated rings. The molecule has 0 heterocycles. The Labute approximate surface area is 94.7 Å². The van der Waals surface area contributed by atoms with Gasteiger partial charge in [-0.2, -0.15) is 0 Å². The van der Waals surface area contributed by atoms with Crippen LogP contribution >= 0.6 is 0 Å². The average Bonchev–Trinajstić information content (AvgIpc) is 2.64. The second kappa shape index (κ2) is 4.65. The molecule has 1 aliphatic rings. The van der Waals surface area contributed by atoms with Gasteiger partial charge in [-0.05, 0) is 19.8 Å². The van der Waals surface area contributed by atoms with E-state index in [1.165, 1.54) is 6.92 Å². The molecule has 5 heteroatoms. The molecule has 0 aromatic heterocycles. The highest BCUT2D eigenvalue weighted by Gasteiger charge is 2.35. The number of rotatable bonds is 4. The van der Waals surface area contributed by atoms with Crippen LogP contribution in [0, 0.1) is 5.92 Å². The van der Waals surface area contributed by atoms with Gasteiger partial charge < -0.3 is 16.2 Å². The summed E-state index contributed by atoms with van der Waals surface area (Å²) in [5.74, 6) is -1.59. The monoisotopic (exact) mass is 226 g/mol. The molecule has 0 aromatic rings. The van der Waals surface area contributed by atoms with Crippen molar-refractivity contribution in [3.05, 3.63) is 12.2 Å². The van der Waals surface area contributed by atoms with Crippen LogP contribution in [0.25, 0.3) is 0 Å². The largest absolute Gasteiger partial charge is 0.480 e. The molecular weight excluding hydrogens is 208 g/mol. The first-order valence-electron chi connectivity index (χ1n) is 5.38. The van der Waals surface area contributed by atoms with Gasteiger partial charge in [0.15, 0.2) is 0 Å². The summed E-state index contributed by atoms with van der Waals surface area (Å²) < 4.78 is 0. The molecule has 0 spiro atoms. The summed E-state index contributed by atoms with van der Waals surface area (Å²) in [7, 11) is 0. The fourth-order valence-corrected chi connectivity index (χ4v) is 1.58. The maximum atomic E-state index is 11.8. The minimum absolute atomic E-state index is 0.103. The zero-order chi connectivity index (χ0) is 12.3. The molecule has 0 bridgehead atoms. The number of carbonyl (C=O) groups excluding carboxylic acids is 1. The van der Waals surface area contributed by atoms with Crippen LogP contribution in [0.3, 0.4) is 0 Å². The number of aliphatic carboxylic acids is 1. The minimum Gasteiger partial charge on any atom is -0.480 e. The van der Waals surface area contributed by atoms with Crippen molar-refractivity contribution in [2.24, 2.45) is 11.7 Å². The van der Waals surface area contributed by atoms with Gasteiger partial charge in [0.2, 0.25) is 5.91 Å². The van der Waals surface area contributed by atoms with Gasteiger partial charge >= 0.3 is 5.97 Å². The number of hydrogen-bond acceptors (Lipinski definition) is 3. The van der Waals surface area contributed by atoms with Crippen LogP contribution in [0.1, 0.15) is 26.7 Å². The van der Waals surface area contributed by atoms with Gasteiger partial charge in [-0.15, -0.1) is 0 Å². The highest BCUT2D eigenvalue weighted by Crippen LogP contribution is 2.18. The van der Waals surface area contributed by atoms with Gasteiger partial charge in [0.05, 0.1) is 5.92 Å². The number of hydrogen-bond donors (Lipinski definition) is 3. The Balaban J connectivity index is 2.63. The second-order valence-corrected chi connectivity index (χ2v) is 4.37. The van der Waals surface area contributed by atoms with Crippen LogP contribution in [0.15, 0.2) is 12.2 Å². The Kier molecular flexibility index (Phi) is 3.70. The van der Waals surface area contributed by atoms with Crippen molar-refractivity contribution in [3.63, 3.8) is 0 Å². The first-order chi connectivity index (χ1) is 7.39. The number of carboxylic acids is 1. The van der Waals surface area contributed by atoms with E-state index in [0.29, 0.717) is 12.8 Å². The molecule has 5 nitrogen and oxygen atoms in total. The van der Waals surface area contributed by atoms with Crippen LogP contribution < -0.4 is 11.1 Å². The molecule has 1 rings (SSSR count). The standard InChI is InChI=1S/C11H18N2O3/c1-3-11(2,10(15)16)13-9(14)7-4-5-8(12)6-7/h4-5,7-8H,3,6,12H2,1-2H3,(H,13,14)(H,15,16). The Morgan fingerprint density at radius 3 is 2.56 bits per heavy atom. The molecule has 1 amide bonds. The third-order valence-corrected chi connectivity index (χ3v) is 3.03. The summed E-state index contributed by atoms with van der Waals surface area (Å²) in [5, 5.41) is 11.6. The molecule has 90 valence electrons. The van der Waals surface area contributed by atoms with Crippen molar-refractivity contribution in [3.8, 4) is 0 Å². The molecule has 0 saturated heterocycles. The zero-order valence-electron chi connectivity index (χ0n) is 9.56. The van der Waals surface area contributed by atoms with E-state index in [9.17, 15) is 9.59 Å². The maximum absolute atomic E-state index is 11.8. The highest BCUT2D eigenvalue weighted by molar-refractivity contribution is 5.88. The SMILES string of the molecule is CCC(C)(NC(=O)C1C=CC(N)C1)C(=O)O. The van der Waals surface area contributed by atoms with E-state index in [0.717, 1.165) is 0 Å². The number of carboxylic acid groups (broad SMARTS) is 1. The summed E-state index contributed by atoms with van der Waals surface area (Å²) >= 11 is 0. The summed E-state index contributed by atoms with van der Waals surface area (Å²) in [6.07, 6.45) is 4.40. The van der Waals surface area contributed by atoms with E-state index in [-0.39, 0.29) is 17.9 Å². The van der Waals surface area contributed by atoms with Gasteiger partial charge in [-0.3, -0.25) is 4.79 Å². The van der Waals surface area contributed by atoms with E-state index in [2.05, 4.69) is 5.32 Å². The Morgan fingerprint density at radius 2 is 2.19 bits per heavy atom. The molecule has 1 aliphatic carbocycles. The van der Waals surface area contributed by atoms with Gasteiger partial charge in [-0.25, -0.2) is 4.79 Å². The third kappa shape index (κ3) is 2.61. The first-order valence-corrected chi connectivity index (χ1v) is 5.38. The van der Waals surface area contributed by atoms with Crippen molar-refractivity contribution in [2.75, 3.05) is 0 Å². The van der Waals surface area contributed by atoms with Crippen molar-refractivity contribution >= 4 is 11.9 Å². The Bertz CT molecular complexity index is 327. The predicted octanol–water partition coefficient (Wildman–Crippen LogP) is 0.259. The van der Waals surface area contributed by atoms with E-state index in [4.69, 9.17) is 10.8 Å². The molecule has 4 N–H and O–H groups in total. The molecule has 0 radical (unpaired) electrons. The summed E-state index contributed by atoms with van der Waals surface area (Å²) in [6.45, 7) is 3.23. The van der Waals surface area contributed by atoms with Crippen molar-refractivity contribution in [1.82, 2.24) is 5.32 Å². The first kappa shape index (κ1) is 12.7. The normalized spacial score (nSPS) is 27.4. The fourth-order valence-electron chi connectivity index (χ4n) is 1.58. The lowest BCUT2D eigenvalue weighted by Crippen LogP contribution is -2.53. The van der Waals surface area contributed by atoms with Gasteiger partial charge in [0, 0.05) is 6.04 Å². The maximum Gasteiger partial charge on any atom is 0.329 e. The van der Waals surface area contributed by atoms with Crippen LogP contribution in [0.4, 0.5) is 0 Å². The van der Waals surface area contributed by atoms with Gasteiger partial charge in [0.1, 0.15) is 5.54 Å². The van der Waals surface area contributed by atoms with E-state index in [1.54, 1.807) is 19.1 Å². The van der Waals surface area contributed by atoms with Crippen molar-refractivity contribution < 1.29 is 14.7 Å². The summed E-state index contributed by atoms with van der Waals surface area (Å²) in [6, 6.07) is -0.103. The van der Waals surface area contributed by atoms with Crippen LogP contribution in [-0.2, 0) is 9.59 Å². The van der Waals surface area contributed by atoms with Gasteiger partial charge in [-0.1, -0.05) is 19.1 Å². The number of amides is 1. The zero-order valence-corrected chi connectivity index (χ0v) is 9.56. The summed E-state index contributed by atoms with van der Waals surface area (Å²) in [4.78, 5) is 22.8. The number of nitrogens with one attached hydrogen (secondary N) is 1. The van der Waals surface area contributed by atoms with E-state index < -0.39 is 11.5 Å². The van der Waals surface area contributed by atoms with Crippen molar-refractivity contribution in [2.45, 2.75) is 38.3 Å². The lowest BCUT2D eigenvalue weighted by atomic mass is 9.97. The molecule has 0 aromatic carbocycles. The number of nitrogens with two attached hydrogens (primary N) is 1. The highest BCUT2D eigenvalue weighted by atomic mass is 16.4. The predicted molar refractivity (Wildman–Crippen MR) is 59.7 cm³/mol. The van der Waals surface area contributed by atoms with Crippen LogP contribution in [-0.4, -0.2) is 28.6 Å². The lowest BCUT2D eigenvalue weighted by molar-refractivity contribution is -0.147. The third-order valence-electron chi connectivity index (χ3n) is 3.03. The van der Waals surface area contributed by atoms with E-state index >= 15 is 0 Å². The van der Waals surface area contributed by atoms with Crippen molar-refractivity contribution in [1.29, 1.82) is 0 Å². The molecule has 0 aliphatic heterocycles. The van der Waals surface area contributed by atoms with Crippen LogP contribution in [0.5, 0.6) is 0 Å². The smallest absolute Gasteiger partial charge is 0.329 e. The molecular formula is C11H18N2O3. The van der Waals surface area contributed by atoms with Gasteiger partial charge in [0.25, 0.3) is 0 Å². The van der Waals surface area contributed by atoms with E-state index in [1.807, 2.05) is 0 Å². The fraction of sp³-hybridized carbons (Fsp3) is 0.636. The minimum atomic E-state index is -1.20. The quantitative estimate of drug-likeness (QED) is 0.599. The van der Waals surface area contributed by atoms with Crippen LogP contribution in [0.2, 0.25) is 0 Å². The summed E-state index contributed by atoms with van der Waals surface area (Å²) in [5.41, 5.74) is 4.44. The lowest BCUT2D eigenvalue weighted by Gasteiger charge is -2.26. The Hall–Kier alpha value is -1.36.